The summed E-state index contributed by atoms with van der Waals surface area (Å²) in [5.41, 5.74) is 1.99. The normalized spacial score (nSPS) is 17.4. The SMILES string of the molecule is O=C(c1ccco1)N1CCC[C@H](c2ccnc(-c3ccccc3)n2)C1. The Hall–Kier alpha value is -2.95. The summed E-state index contributed by atoms with van der Waals surface area (Å²) >= 11 is 0. The summed E-state index contributed by atoms with van der Waals surface area (Å²) in [6.45, 7) is 1.41. The lowest BCUT2D eigenvalue weighted by atomic mass is 9.94. The summed E-state index contributed by atoms with van der Waals surface area (Å²) in [5, 5.41) is 0. The average molecular weight is 333 g/mol. The highest BCUT2D eigenvalue weighted by Gasteiger charge is 2.27. The summed E-state index contributed by atoms with van der Waals surface area (Å²) in [6, 6.07) is 15.4. The molecule has 0 spiro atoms. The number of amides is 1. The van der Waals surface area contributed by atoms with E-state index in [1.165, 1.54) is 6.26 Å². The fraction of sp³-hybridized carbons (Fsp3) is 0.250. The topological polar surface area (TPSA) is 59.2 Å². The van der Waals surface area contributed by atoms with Crippen LogP contribution in [0, 0.1) is 0 Å². The van der Waals surface area contributed by atoms with Crippen molar-refractivity contribution in [2.24, 2.45) is 0 Å². The van der Waals surface area contributed by atoms with Gasteiger partial charge in [-0.15, -0.1) is 0 Å². The van der Waals surface area contributed by atoms with Gasteiger partial charge >= 0.3 is 0 Å². The summed E-state index contributed by atoms with van der Waals surface area (Å²) < 4.78 is 5.25. The molecule has 5 nitrogen and oxygen atoms in total. The summed E-state index contributed by atoms with van der Waals surface area (Å²) in [6.07, 6.45) is 5.32. The van der Waals surface area contributed by atoms with Crippen molar-refractivity contribution in [3.63, 3.8) is 0 Å². The van der Waals surface area contributed by atoms with Crippen molar-refractivity contribution in [3.05, 3.63) is 72.4 Å². The van der Waals surface area contributed by atoms with Gasteiger partial charge in [-0.1, -0.05) is 30.3 Å². The first-order valence-electron chi connectivity index (χ1n) is 8.52. The Balaban J connectivity index is 1.55. The number of likely N-dealkylation sites (tertiary alicyclic amines) is 1. The van der Waals surface area contributed by atoms with Gasteiger partial charge in [0.2, 0.25) is 0 Å². The third-order valence-corrected chi connectivity index (χ3v) is 4.57. The molecule has 2 aromatic heterocycles. The Bertz CT molecular complexity index is 846. The smallest absolute Gasteiger partial charge is 0.289 e. The number of hydrogen-bond donors (Lipinski definition) is 0. The van der Waals surface area contributed by atoms with Crippen LogP contribution in [0.25, 0.3) is 11.4 Å². The number of furan rings is 1. The highest BCUT2D eigenvalue weighted by atomic mass is 16.3. The maximum atomic E-state index is 12.5. The molecule has 3 aromatic rings. The van der Waals surface area contributed by atoms with E-state index in [2.05, 4.69) is 4.98 Å². The van der Waals surface area contributed by atoms with Gasteiger partial charge in [0.25, 0.3) is 5.91 Å². The standard InChI is InChI=1S/C20H19N3O2/c24-20(18-9-5-13-25-18)23-12-4-8-16(14-23)17-10-11-21-19(22-17)15-6-2-1-3-7-15/h1-3,5-7,9-11,13,16H,4,8,12,14H2/t16-/m0/s1. The Kier molecular flexibility index (Phi) is 4.29. The van der Waals surface area contributed by atoms with Gasteiger partial charge in [0.15, 0.2) is 11.6 Å². The van der Waals surface area contributed by atoms with Crippen LogP contribution in [0.5, 0.6) is 0 Å². The van der Waals surface area contributed by atoms with E-state index in [-0.39, 0.29) is 11.8 Å². The van der Waals surface area contributed by atoms with Crippen LogP contribution in [0.15, 0.2) is 65.4 Å². The van der Waals surface area contributed by atoms with Gasteiger partial charge in [0, 0.05) is 36.5 Å². The molecule has 0 radical (unpaired) electrons. The molecule has 0 unspecified atom stereocenters. The maximum Gasteiger partial charge on any atom is 0.289 e. The number of carbonyl (C=O) groups excluding carboxylic acids is 1. The van der Waals surface area contributed by atoms with Gasteiger partial charge in [-0.2, -0.15) is 0 Å². The van der Waals surface area contributed by atoms with E-state index < -0.39 is 0 Å². The molecule has 1 amide bonds. The molecule has 1 aliphatic heterocycles. The molecule has 0 bridgehead atoms. The van der Waals surface area contributed by atoms with E-state index in [0.717, 1.165) is 36.5 Å². The van der Waals surface area contributed by atoms with Gasteiger partial charge in [-0.3, -0.25) is 4.79 Å². The van der Waals surface area contributed by atoms with Crippen molar-refractivity contribution in [3.8, 4) is 11.4 Å². The van der Waals surface area contributed by atoms with Crippen LogP contribution < -0.4 is 0 Å². The number of piperidine rings is 1. The zero-order valence-corrected chi connectivity index (χ0v) is 13.8. The number of aromatic nitrogens is 2. The van der Waals surface area contributed by atoms with Crippen molar-refractivity contribution < 1.29 is 9.21 Å². The average Bonchev–Trinajstić information content (AvgIpc) is 3.23. The number of benzene rings is 1. The maximum absolute atomic E-state index is 12.5. The molecule has 1 fully saturated rings. The van der Waals surface area contributed by atoms with Crippen molar-refractivity contribution in [1.29, 1.82) is 0 Å². The van der Waals surface area contributed by atoms with E-state index in [9.17, 15) is 4.79 Å². The molecular formula is C20H19N3O2. The molecule has 1 atom stereocenters. The molecule has 4 rings (SSSR count). The lowest BCUT2D eigenvalue weighted by Gasteiger charge is -2.32. The molecule has 0 aliphatic carbocycles. The summed E-state index contributed by atoms with van der Waals surface area (Å²) in [4.78, 5) is 23.5. The van der Waals surface area contributed by atoms with E-state index in [0.29, 0.717) is 12.3 Å². The van der Waals surface area contributed by atoms with Crippen molar-refractivity contribution >= 4 is 5.91 Å². The predicted octanol–water partition coefficient (Wildman–Crippen LogP) is 3.76. The van der Waals surface area contributed by atoms with Gasteiger partial charge in [-0.05, 0) is 31.0 Å². The highest BCUT2D eigenvalue weighted by molar-refractivity contribution is 5.91. The molecular weight excluding hydrogens is 314 g/mol. The molecule has 5 heteroatoms. The first-order valence-corrected chi connectivity index (χ1v) is 8.52. The molecule has 0 N–H and O–H groups in total. The molecule has 1 aromatic carbocycles. The molecule has 0 saturated carbocycles. The molecule has 1 saturated heterocycles. The Morgan fingerprint density at radius 3 is 2.80 bits per heavy atom. The number of nitrogens with zero attached hydrogens (tertiary/aromatic N) is 3. The van der Waals surface area contributed by atoms with Crippen LogP contribution in [0.1, 0.15) is 35.0 Å². The second-order valence-electron chi connectivity index (χ2n) is 6.24. The van der Waals surface area contributed by atoms with Gasteiger partial charge in [-0.25, -0.2) is 9.97 Å². The predicted molar refractivity (Wildman–Crippen MR) is 94.1 cm³/mol. The van der Waals surface area contributed by atoms with E-state index in [1.807, 2.05) is 41.3 Å². The third-order valence-electron chi connectivity index (χ3n) is 4.57. The minimum absolute atomic E-state index is 0.0490. The first-order chi connectivity index (χ1) is 12.3. The summed E-state index contributed by atoms with van der Waals surface area (Å²) in [5.74, 6) is 1.30. The van der Waals surface area contributed by atoms with Crippen LogP contribution in [0.3, 0.4) is 0 Å². The van der Waals surface area contributed by atoms with Crippen LogP contribution in [0.4, 0.5) is 0 Å². The number of rotatable bonds is 3. The van der Waals surface area contributed by atoms with Gasteiger partial charge in [0.1, 0.15) is 0 Å². The van der Waals surface area contributed by atoms with E-state index in [1.54, 1.807) is 18.3 Å². The lowest BCUT2D eigenvalue weighted by molar-refractivity contribution is 0.0673. The van der Waals surface area contributed by atoms with Gasteiger partial charge in [0.05, 0.1) is 6.26 Å². The quantitative estimate of drug-likeness (QED) is 0.732. The highest BCUT2D eigenvalue weighted by Crippen LogP contribution is 2.27. The number of hydrogen-bond acceptors (Lipinski definition) is 4. The largest absolute Gasteiger partial charge is 0.459 e. The minimum Gasteiger partial charge on any atom is -0.459 e. The summed E-state index contributed by atoms with van der Waals surface area (Å²) in [7, 11) is 0. The van der Waals surface area contributed by atoms with Crippen LogP contribution in [-0.2, 0) is 0 Å². The zero-order valence-electron chi connectivity index (χ0n) is 13.8. The van der Waals surface area contributed by atoms with E-state index >= 15 is 0 Å². The van der Waals surface area contributed by atoms with Crippen molar-refractivity contribution in [2.75, 3.05) is 13.1 Å². The minimum atomic E-state index is -0.0490. The van der Waals surface area contributed by atoms with E-state index in [4.69, 9.17) is 9.40 Å². The Labute approximate surface area is 146 Å². The first kappa shape index (κ1) is 15.6. The fourth-order valence-electron chi connectivity index (χ4n) is 3.29. The molecule has 1 aliphatic rings. The molecule has 126 valence electrons. The molecule has 25 heavy (non-hydrogen) atoms. The second-order valence-corrected chi connectivity index (χ2v) is 6.24. The van der Waals surface area contributed by atoms with Gasteiger partial charge < -0.3 is 9.32 Å². The van der Waals surface area contributed by atoms with Crippen LogP contribution in [0.2, 0.25) is 0 Å². The monoisotopic (exact) mass is 333 g/mol. The zero-order chi connectivity index (χ0) is 17.1. The van der Waals surface area contributed by atoms with Crippen LogP contribution in [-0.4, -0.2) is 33.9 Å². The third kappa shape index (κ3) is 3.31. The Morgan fingerprint density at radius 1 is 1.12 bits per heavy atom. The second kappa shape index (κ2) is 6.89. The van der Waals surface area contributed by atoms with Crippen molar-refractivity contribution in [2.45, 2.75) is 18.8 Å². The fourth-order valence-corrected chi connectivity index (χ4v) is 3.29. The van der Waals surface area contributed by atoms with Crippen molar-refractivity contribution in [1.82, 2.24) is 14.9 Å². The Morgan fingerprint density at radius 2 is 2.00 bits per heavy atom. The van der Waals surface area contributed by atoms with Crippen LogP contribution >= 0.6 is 0 Å². The number of carbonyl (C=O) groups is 1. The lowest BCUT2D eigenvalue weighted by Crippen LogP contribution is -2.39. The molecule has 3 heterocycles.